The second-order valence-electron chi connectivity index (χ2n) is 4.60. The van der Waals surface area contributed by atoms with E-state index in [1.165, 1.54) is 0 Å². The van der Waals surface area contributed by atoms with Gasteiger partial charge in [0.05, 0.1) is 13.2 Å². The van der Waals surface area contributed by atoms with Gasteiger partial charge in [-0.15, -0.1) is 0 Å². The Balaban J connectivity index is 2.40. The van der Waals surface area contributed by atoms with Crippen LogP contribution >= 0.6 is 12.2 Å². The summed E-state index contributed by atoms with van der Waals surface area (Å²) in [6.07, 6.45) is -0.710. The van der Waals surface area contributed by atoms with Crippen LogP contribution in [0.15, 0.2) is 24.3 Å². The van der Waals surface area contributed by atoms with E-state index in [1.54, 1.807) is 29.2 Å². The number of aliphatic hydroxyl groups is 3. The third-order valence-corrected chi connectivity index (χ3v) is 3.12. The molecule has 0 radical (unpaired) electrons. The van der Waals surface area contributed by atoms with Crippen molar-refractivity contribution in [1.29, 1.82) is 0 Å². The Morgan fingerprint density at radius 3 is 2.24 bits per heavy atom. The first-order valence-electron chi connectivity index (χ1n) is 6.71. The van der Waals surface area contributed by atoms with Crippen LogP contribution in [0.3, 0.4) is 0 Å². The molecule has 6 nitrogen and oxygen atoms in total. The highest BCUT2D eigenvalue weighted by molar-refractivity contribution is 7.80. The highest BCUT2D eigenvalue weighted by Gasteiger charge is 2.12. The molecule has 0 spiro atoms. The lowest BCUT2D eigenvalue weighted by atomic mass is 10.2. The molecule has 1 atom stereocenters. The van der Waals surface area contributed by atoms with Crippen LogP contribution in [0.25, 0.3) is 0 Å². The number of rotatable bonds is 10. The van der Waals surface area contributed by atoms with Crippen LogP contribution in [0.5, 0.6) is 5.75 Å². The molecule has 0 saturated carbocycles. The SMILES string of the molecule is NC(=S)c1ccc(OCC(O)CN(CCO)CCO)cc1. The summed E-state index contributed by atoms with van der Waals surface area (Å²) in [6, 6.07) is 6.99. The molecule has 21 heavy (non-hydrogen) atoms. The molecule has 5 N–H and O–H groups in total. The molecule has 0 saturated heterocycles. The van der Waals surface area contributed by atoms with Crippen LogP contribution in [-0.2, 0) is 0 Å². The van der Waals surface area contributed by atoms with Gasteiger partial charge in [-0.2, -0.15) is 0 Å². The van der Waals surface area contributed by atoms with E-state index >= 15 is 0 Å². The van der Waals surface area contributed by atoms with Gasteiger partial charge in [0.25, 0.3) is 0 Å². The predicted molar refractivity (Wildman–Crippen MR) is 84.4 cm³/mol. The minimum absolute atomic E-state index is 0.0198. The van der Waals surface area contributed by atoms with Crippen LogP contribution < -0.4 is 10.5 Å². The Bertz CT molecular complexity index is 421. The molecule has 0 bridgehead atoms. The molecule has 0 aliphatic carbocycles. The fourth-order valence-electron chi connectivity index (χ4n) is 1.84. The van der Waals surface area contributed by atoms with E-state index in [1.807, 2.05) is 0 Å². The fraction of sp³-hybridized carbons (Fsp3) is 0.500. The molecule has 0 heterocycles. The molecular weight excluding hydrogens is 292 g/mol. The number of ether oxygens (including phenoxy) is 1. The normalized spacial score (nSPS) is 12.4. The Labute approximate surface area is 129 Å². The van der Waals surface area contributed by atoms with Gasteiger partial charge < -0.3 is 25.8 Å². The van der Waals surface area contributed by atoms with Crippen molar-refractivity contribution < 1.29 is 20.1 Å². The molecule has 1 aromatic carbocycles. The maximum atomic E-state index is 9.91. The zero-order chi connectivity index (χ0) is 15.7. The number of nitrogens with zero attached hydrogens (tertiary/aromatic N) is 1. The summed E-state index contributed by atoms with van der Waals surface area (Å²) in [4.78, 5) is 2.09. The minimum Gasteiger partial charge on any atom is -0.491 e. The summed E-state index contributed by atoms with van der Waals surface area (Å²) in [5.74, 6) is 0.616. The molecule has 1 unspecified atom stereocenters. The number of hydrogen-bond acceptors (Lipinski definition) is 6. The Morgan fingerprint density at radius 1 is 1.19 bits per heavy atom. The summed E-state index contributed by atoms with van der Waals surface area (Å²) in [5, 5.41) is 27.7. The van der Waals surface area contributed by atoms with E-state index in [9.17, 15) is 5.11 Å². The smallest absolute Gasteiger partial charge is 0.119 e. The van der Waals surface area contributed by atoms with Gasteiger partial charge in [0.1, 0.15) is 23.4 Å². The zero-order valence-corrected chi connectivity index (χ0v) is 12.6. The van der Waals surface area contributed by atoms with E-state index in [-0.39, 0.29) is 19.8 Å². The van der Waals surface area contributed by atoms with Crippen LogP contribution in [0.1, 0.15) is 5.56 Å². The second kappa shape index (κ2) is 9.64. The summed E-state index contributed by atoms with van der Waals surface area (Å²) < 4.78 is 5.47. The average molecular weight is 314 g/mol. The van der Waals surface area contributed by atoms with Crippen LogP contribution in [0.2, 0.25) is 0 Å². The van der Waals surface area contributed by atoms with E-state index in [2.05, 4.69) is 0 Å². The van der Waals surface area contributed by atoms with Crippen molar-refractivity contribution in [3.05, 3.63) is 29.8 Å². The maximum absolute atomic E-state index is 9.91. The Hall–Kier alpha value is -1.25. The van der Waals surface area contributed by atoms with Gasteiger partial charge >= 0.3 is 0 Å². The molecule has 0 amide bonds. The number of hydrogen-bond donors (Lipinski definition) is 4. The van der Waals surface area contributed by atoms with Crippen molar-refractivity contribution in [2.75, 3.05) is 39.5 Å². The van der Waals surface area contributed by atoms with Crippen molar-refractivity contribution in [2.24, 2.45) is 5.73 Å². The highest BCUT2D eigenvalue weighted by Crippen LogP contribution is 2.12. The molecule has 0 aliphatic heterocycles. The fourth-order valence-corrected chi connectivity index (χ4v) is 1.97. The predicted octanol–water partition coefficient (Wildman–Crippen LogP) is -0.653. The van der Waals surface area contributed by atoms with Gasteiger partial charge in [-0.25, -0.2) is 0 Å². The van der Waals surface area contributed by atoms with Crippen molar-refractivity contribution >= 4 is 17.2 Å². The van der Waals surface area contributed by atoms with E-state index in [0.29, 0.717) is 30.4 Å². The number of nitrogens with two attached hydrogens (primary N) is 1. The quantitative estimate of drug-likeness (QED) is 0.426. The van der Waals surface area contributed by atoms with Crippen LogP contribution in [0, 0.1) is 0 Å². The van der Waals surface area contributed by atoms with E-state index < -0.39 is 6.10 Å². The van der Waals surface area contributed by atoms with Crippen molar-refractivity contribution in [3.8, 4) is 5.75 Å². The standard InChI is InChI=1S/C14H22N2O4S/c15-14(21)11-1-3-13(4-2-11)20-10-12(19)9-16(5-7-17)6-8-18/h1-4,12,17-19H,5-10H2,(H2,15,21). The molecule has 1 aromatic rings. The summed E-state index contributed by atoms with van der Waals surface area (Å²) in [5.41, 5.74) is 6.26. The summed E-state index contributed by atoms with van der Waals surface area (Å²) in [7, 11) is 0. The van der Waals surface area contributed by atoms with Gasteiger partial charge in [-0.3, -0.25) is 4.90 Å². The zero-order valence-electron chi connectivity index (χ0n) is 11.8. The van der Waals surface area contributed by atoms with Crippen LogP contribution in [-0.4, -0.2) is 70.8 Å². The first-order chi connectivity index (χ1) is 10.1. The monoisotopic (exact) mass is 314 g/mol. The first-order valence-corrected chi connectivity index (χ1v) is 7.12. The van der Waals surface area contributed by atoms with Crippen molar-refractivity contribution in [1.82, 2.24) is 4.90 Å². The molecule has 0 aliphatic rings. The molecule has 7 heteroatoms. The largest absolute Gasteiger partial charge is 0.491 e. The first kappa shape index (κ1) is 17.8. The topological polar surface area (TPSA) is 99.2 Å². The minimum atomic E-state index is -0.710. The average Bonchev–Trinajstić information content (AvgIpc) is 2.46. The molecule has 0 fully saturated rings. The maximum Gasteiger partial charge on any atom is 0.119 e. The lowest BCUT2D eigenvalue weighted by molar-refractivity contribution is 0.0552. The van der Waals surface area contributed by atoms with E-state index in [0.717, 1.165) is 5.56 Å². The highest BCUT2D eigenvalue weighted by atomic mass is 32.1. The van der Waals surface area contributed by atoms with Gasteiger partial charge in [-0.05, 0) is 24.3 Å². The number of thiocarbonyl (C=S) groups is 1. The Kier molecular flexibility index (Phi) is 8.17. The lowest BCUT2D eigenvalue weighted by Gasteiger charge is -2.23. The van der Waals surface area contributed by atoms with Gasteiger partial charge in [0, 0.05) is 25.2 Å². The van der Waals surface area contributed by atoms with Gasteiger partial charge in [0.2, 0.25) is 0 Å². The van der Waals surface area contributed by atoms with Crippen molar-refractivity contribution in [3.63, 3.8) is 0 Å². The van der Waals surface area contributed by atoms with Crippen LogP contribution in [0.4, 0.5) is 0 Å². The third-order valence-electron chi connectivity index (χ3n) is 2.88. The molecular formula is C14H22N2O4S. The van der Waals surface area contributed by atoms with E-state index in [4.69, 9.17) is 32.9 Å². The van der Waals surface area contributed by atoms with Gasteiger partial charge in [0.15, 0.2) is 0 Å². The second-order valence-corrected chi connectivity index (χ2v) is 5.04. The molecule has 1 rings (SSSR count). The molecule has 0 aromatic heterocycles. The van der Waals surface area contributed by atoms with Gasteiger partial charge in [-0.1, -0.05) is 12.2 Å². The Morgan fingerprint density at radius 2 is 1.76 bits per heavy atom. The van der Waals surface area contributed by atoms with Crippen molar-refractivity contribution in [2.45, 2.75) is 6.10 Å². The summed E-state index contributed by atoms with van der Waals surface area (Å²) >= 11 is 4.86. The number of benzene rings is 1. The third kappa shape index (κ3) is 6.83. The number of aliphatic hydroxyl groups excluding tert-OH is 3. The summed E-state index contributed by atoms with van der Waals surface area (Å²) in [6.45, 7) is 1.22. The molecule has 118 valence electrons. The lowest BCUT2D eigenvalue weighted by Crippen LogP contribution is -2.38.